The molecule has 1 aromatic carbocycles. The van der Waals surface area contributed by atoms with E-state index in [4.69, 9.17) is 4.74 Å². The van der Waals surface area contributed by atoms with Crippen LogP contribution in [-0.2, 0) is 17.9 Å². The molecule has 0 amide bonds. The minimum atomic E-state index is 0.690. The number of benzene rings is 1. The van der Waals surface area contributed by atoms with Crippen LogP contribution in [0.15, 0.2) is 24.3 Å². The van der Waals surface area contributed by atoms with E-state index in [0.29, 0.717) is 12.6 Å². The maximum atomic E-state index is 5.20. The molecular weight excluding hydrogens is 248 g/mol. The van der Waals surface area contributed by atoms with Crippen molar-refractivity contribution in [3.05, 3.63) is 35.4 Å². The fourth-order valence-corrected chi connectivity index (χ4v) is 3.84. The monoisotopic (exact) mass is 274 g/mol. The van der Waals surface area contributed by atoms with E-state index >= 15 is 0 Å². The van der Waals surface area contributed by atoms with Crippen LogP contribution in [0.1, 0.15) is 36.8 Å². The standard InChI is InChI=1S/C17H26N2O/c1-19-16-6-7-17(19)10-15(9-16)18-11-13-4-3-5-14(8-13)12-20-2/h3-5,8,15-18H,6-7,9-12H2,1-2H3. The molecule has 2 atom stereocenters. The van der Waals surface area contributed by atoms with Gasteiger partial charge in [-0.3, -0.25) is 0 Å². The summed E-state index contributed by atoms with van der Waals surface area (Å²) in [7, 11) is 4.05. The lowest BCUT2D eigenvalue weighted by atomic mass is 9.97. The molecule has 0 saturated carbocycles. The van der Waals surface area contributed by atoms with Crippen LogP contribution in [0.5, 0.6) is 0 Å². The van der Waals surface area contributed by atoms with Crippen molar-refractivity contribution in [3.63, 3.8) is 0 Å². The second-order valence-corrected chi connectivity index (χ2v) is 6.35. The fourth-order valence-electron chi connectivity index (χ4n) is 3.84. The van der Waals surface area contributed by atoms with Crippen LogP contribution in [0.3, 0.4) is 0 Å². The Kier molecular flexibility index (Phi) is 4.39. The highest BCUT2D eigenvalue weighted by Crippen LogP contribution is 2.34. The second kappa shape index (κ2) is 6.25. The van der Waals surface area contributed by atoms with E-state index in [1.807, 2.05) is 0 Å². The summed E-state index contributed by atoms with van der Waals surface area (Å²) >= 11 is 0. The number of hydrogen-bond acceptors (Lipinski definition) is 3. The molecule has 0 aromatic heterocycles. The van der Waals surface area contributed by atoms with Crippen molar-refractivity contribution in [1.29, 1.82) is 0 Å². The Bertz CT molecular complexity index is 434. The molecule has 3 nitrogen and oxygen atoms in total. The first kappa shape index (κ1) is 14.1. The highest BCUT2D eigenvalue weighted by atomic mass is 16.5. The van der Waals surface area contributed by atoms with Gasteiger partial charge in [-0.1, -0.05) is 24.3 Å². The predicted molar refractivity (Wildman–Crippen MR) is 81.6 cm³/mol. The SMILES string of the molecule is COCc1cccc(CNC2CC3CCC(C2)N3C)c1. The molecule has 2 saturated heterocycles. The highest BCUT2D eigenvalue weighted by Gasteiger charge is 2.37. The van der Waals surface area contributed by atoms with Crippen LogP contribution in [0.2, 0.25) is 0 Å². The molecule has 0 radical (unpaired) electrons. The Morgan fingerprint density at radius 2 is 1.90 bits per heavy atom. The minimum Gasteiger partial charge on any atom is -0.380 e. The van der Waals surface area contributed by atoms with Crippen molar-refractivity contribution in [2.24, 2.45) is 0 Å². The summed E-state index contributed by atoms with van der Waals surface area (Å²) in [4.78, 5) is 2.59. The summed E-state index contributed by atoms with van der Waals surface area (Å²) < 4.78 is 5.20. The van der Waals surface area contributed by atoms with Crippen molar-refractivity contribution in [2.75, 3.05) is 14.2 Å². The lowest BCUT2D eigenvalue weighted by Gasteiger charge is -2.36. The van der Waals surface area contributed by atoms with E-state index in [1.54, 1.807) is 7.11 Å². The van der Waals surface area contributed by atoms with E-state index in [1.165, 1.54) is 36.8 Å². The van der Waals surface area contributed by atoms with E-state index < -0.39 is 0 Å². The maximum Gasteiger partial charge on any atom is 0.0713 e. The number of nitrogens with one attached hydrogen (secondary N) is 1. The zero-order valence-corrected chi connectivity index (χ0v) is 12.6. The van der Waals surface area contributed by atoms with Crippen molar-refractivity contribution in [1.82, 2.24) is 10.2 Å². The number of ether oxygens (including phenoxy) is 1. The molecule has 2 aliphatic rings. The number of nitrogens with zero attached hydrogens (tertiary/aromatic N) is 1. The van der Waals surface area contributed by atoms with E-state index in [0.717, 1.165) is 18.6 Å². The van der Waals surface area contributed by atoms with Gasteiger partial charge in [-0.05, 0) is 43.9 Å². The van der Waals surface area contributed by atoms with Gasteiger partial charge in [-0.25, -0.2) is 0 Å². The van der Waals surface area contributed by atoms with Gasteiger partial charge in [0.2, 0.25) is 0 Å². The average molecular weight is 274 g/mol. The predicted octanol–water partition coefficient (Wildman–Crippen LogP) is 2.55. The summed E-state index contributed by atoms with van der Waals surface area (Å²) in [5, 5.41) is 3.76. The topological polar surface area (TPSA) is 24.5 Å². The second-order valence-electron chi connectivity index (χ2n) is 6.35. The van der Waals surface area contributed by atoms with Crippen molar-refractivity contribution >= 4 is 0 Å². The fraction of sp³-hybridized carbons (Fsp3) is 0.647. The first-order chi connectivity index (χ1) is 9.76. The van der Waals surface area contributed by atoms with Crippen LogP contribution in [0.4, 0.5) is 0 Å². The third kappa shape index (κ3) is 3.05. The van der Waals surface area contributed by atoms with Crippen LogP contribution in [0.25, 0.3) is 0 Å². The number of methoxy groups -OCH3 is 1. The smallest absolute Gasteiger partial charge is 0.0713 e. The summed E-state index contributed by atoms with van der Waals surface area (Å²) in [5.41, 5.74) is 2.63. The van der Waals surface area contributed by atoms with Gasteiger partial charge in [0, 0.05) is 31.8 Å². The Morgan fingerprint density at radius 3 is 2.60 bits per heavy atom. The molecule has 0 spiro atoms. The molecule has 110 valence electrons. The maximum absolute atomic E-state index is 5.20. The molecule has 1 aromatic rings. The molecular formula is C17H26N2O. The number of hydrogen-bond donors (Lipinski definition) is 1. The van der Waals surface area contributed by atoms with Gasteiger partial charge < -0.3 is 15.0 Å². The zero-order chi connectivity index (χ0) is 13.9. The number of rotatable bonds is 5. The van der Waals surface area contributed by atoms with E-state index in [2.05, 4.69) is 41.5 Å². The summed E-state index contributed by atoms with van der Waals surface area (Å²) in [5.74, 6) is 0. The molecule has 3 rings (SSSR count). The van der Waals surface area contributed by atoms with Gasteiger partial charge in [-0.15, -0.1) is 0 Å². The Labute approximate surface area is 122 Å². The first-order valence-electron chi connectivity index (χ1n) is 7.78. The zero-order valence-electron chi connectivity index (χ0n) is 12.6. The summed E-state index contributed by atoms with van der Waals surface area (Å²) in [6, 6.07) is 11.0. The van der Waals surface area contributed by atoms with Crippen molar-refractivity contribution < 1.29 is 4.74 Å². The lowest BCUT2D eigenvalue weighted by molar-refractivity contribution is 0.148. The van der Waals surface area contributed by atoms with Gasteiger partial charge in [-0.2, -0.15) is 0 Å². The van der Waals surface area contributed by atoms with Gasteiger partial charge in [0.1, 0.15) is 0 Å². The van der Waals surface area contributed by atoms with Crippen molar-refractivity contribution in [3.8, 4) is 0 Å². The molecule has 2 aliphatic heterocycles. The van der Waals surface area contributed by atoms with E-state index in [9.17, 15) is 0 Å². The number of piperidine rings is 1. The van der Waals surface area contributed by atoms with Crippen LogP contribution in [0, 0.1) is 0 Å². The Hall–Kier alpha value is -0.900. The average Bonchev–Trinajstić information content (AvgIpc) is 2.68. The van der Waals surface area contributed by atoms with Crippen molar-refractivity contribution in [2.45, 2.75) is 57.0 Å². The molecule has 3 heteroatoms. The lowest BCUT2D eigenvalue weighted by Crippen LogP contribution is -2.46. The van der Waals surface area contributed by atoms with E-state index in [-0.39, 0.29) is 0 Å². The third-order valence-electron chi connectivity index (χ3n) is 5.00. The van der Waals surface area contributed by atoms with Crippen LogP contribution >= 0.6 is 0 Å². The quantitative estimate of drug-likeness (QED) is 0.893. The van der Waals surface area contributed by atoms with Gasteiger partial charge >= 0.3 is 0 Å². The largest absolute Gasteiger partial charge is 0.380 e. The van der Waals surface area contributed by atoms with Crippen LogP contribution < -0.4 is 5.32 Å². The molecule has 20 heavy (non-hydrogen) atoms. The minimum absolute atomic E-state index is 0.690. The normalized spacial score (nSPS) is 29.8. The molecule has 2 heterocycles. The first-order valence-corrected chi connectivity index (χ1v) is 7.78. The number of fused-ring (bicyclic) bond motifs is 2. The van der Waals surface area contributed by atoms with Crippen LogP contribution in [-0.4, -0.2) is 37.2 Å². The highest BCUT2D eigenvalue weighted by molar-refractivity contribution is 5.23. The van der Waals surface area contributed by atoms with Gasteiger partial charge in [0.15, 0.2) is 0 Å². The summed E-state index contributed by atoms with van der Waals surface area (Å²) in [6.45, 7) is 1.68. The molecule has 2 bridgehead atoms. The molecule has 1 N–H and O–H groups in total. The molecule has 0 aliphatic carbocycles. The Morgan fingerprint density at radius 1 is 1.20 bits per heavy atom. The Balaban J connectivity index is 1.53. The molecule has 2 fully saturated rings. The van der Waals surface area contributed by atoms with Gasteiger partial charge in [0.05, 0.1) is 6.61 Å². The van der Waals surface area contributed by atoms with Gasteiger partial charge in [0.25, 0.3) is 0 Å². The summed E-state index contributed by atoms with van der Waals surface area (Å²) in [6.07, 6.45) is 5.40. The third-order valence-corrected chi connectivity index (χ3v) is 5.00. The molecule has 2 unspecified atom stereocenters.